The van der Waals surface area contributed by atoms with Crippen LogP contribution in [0.1, 0.15) is 75.1 Å². The number of alkyl halides is 8. The van der Waals surface area contributed by atoms with Crippen molar-refractivity contribution < 1.29 is 182 Å². The van der Waals surface area contributed by atoms with E-state index in [0.29, 0.717) is 27.7 Å². The van der Waals surface area contributed by atoms with Crippen LogP contribution in [0.15, 0.2) is 98.1 Å². The second-order valence-electron chi connectivity index (χ2n) is 22.9. The molecule has 16 unspecified atom stereocenters. The molecule has 4 aliphatic carbocycles. The van der Waals surface area contributed by atoms with Crippen LogP contribution in [0.3, 0.4) is 0 Å². The number of carbonyl (C=O) groups excluding carboxylic acids is 10. The Balaban J connectivity index is 0.000000246. The molecule has 2 aromatic carbocycles. The summed E-state index contributed by atoms with van der Waals surface area (Å²) >= 11 is 0. The van der Waals surface area contributed by atoms with Crippen LogP contribution < -0.4 is 9.47 Å². The lowest BCUT2D eigenvalue weighted by molar-refractivity contribution is -0.173. The Morgan fingerprint density at radius 3 is 1.06 bits per heavy atom. The van der Waals surface area contributed by atoms with Crippen molar-refractivity contribution in [2.75, 3.05) is 0 Å². The molecule has 0 amide bonds. The van der Waals surface area contributed by atoms with Crippen molar-refractivity contribution >= 4 is 100 Å². The summed E-state index contributed by atoms with van der Waals surface area (Å²) in [6, 6.07) is 9.19. The van der Waals surface area contributed by atoms with Gasteiger partial charge in [-0.3, -0.25) is 19.2 Å². The first-order valence-electron chi connectivity index (χ1n) is 28.7. The number of hydrogen-bond donors (Lipinski definition) is 0. The van der Waals surface area contributed by atoms with Crippen LogP contribution in [-0.4, -0.2) is 181 Å². The van der Waals surface area contributed by atoms with Crippen molar-refractivity contribution in [3.05, 3.63) is 109 Å². The molecule has 0 spiro atoms. The van der Waals surface area contributed by atoms with E-state index in [1.807, 2.05) is 0 Å². The third-order valence-electron chi connectivity index (χ3n) is 16.2. The number of hydrogen-bond acceptors (Lipinski definition) is 32. The van der Waals surface area contributed by atoms with E-state index in [4.69, 9.17) is 28.4 Å². The third-order valence-corrected chi connectivity index (χ3v) is 20.1. The van der Waals surface area contributed by atoms with Gasteiger partial charge in [0.25, 0.3) is 0 Å². The van der Waals surface area contributed by atoms with Crippen LogP contribution >= 0.6 is 0 Å². The van der Waals surface area contributed by atoms with Gasteiger partial charge in [0.2, 0.25) is 0 Å². The fourth-order valence-corrected chi connectivity index (χ4v) is 12.9. The summed E-state index contributed by atoms with van der Waals surface area (Å²) in [5, 5.41) is -19.2. The van der Waals surface area contributed by atoms with Gasteiger partial charge in [-0.05, 0) is 103 Å². The average molecular weight is 1550 g/mol. The molecule has 6 fully saturated rings. The highest BCUT2D eigenvalue weighted by atomic mass is 32.2. The molecule has 44 heteroatoms. The molecule has 102 heavy (non-hydrogen) atoms. The fourth-order valence-electron chi connectivity index (χ4n) is 11.1. The van der Waals surface area contributed by atoms with Crippen molar-refractivity contribution in [1.82, 2.24) is 0 Å². The predicted molar refractivity (Wildman–Crippen MR) is 310 cm³/mol. The SMILES string of the molecule is C=C(C)C(=O)OC1C2CC3C1OC(=O)C3C2C(=O)OC(C)C(F)(F)S(=O)(=O)[O-].C=C(C)C(=O)Oc1ccc(C(=O)OC(C)C(F)(F)S(=O)(=O)[O-])cc1.C=CC(=O)OC1C2CC3C1OC(=O)C3C2C(=O)OC(C)C(F)(F)S(=O)(=O)[O-].C=CC(=O)Oc1ccc(C(=O)OC(C)C(F)(F)S(=O)(=O)[O-])cc1. The minimum atomic E-state index is -6.07. The molecule has 564 valence electrons. The van der Waals surface area contributed by atoms with Crippen molar-refractivity contribution in [3.8, 4) is 11.5 Å². The van der Waals surface area contributed by atoms with Crippen molar-refractivity contribution in [2.24, 2.45) is 47.3 Å². The normalized spacial score (nSPS) is 24.9. The minimum absolute atomic E-state index is 0.0620. The van der Waals surface area contributed by atoms with Crippen molar-refractivity contribution in [3.63, 3.8) is 0 Å². The van der Waals surface area contributed by atoms with Crippen LogP contribution in [-0.2, 0) is 117 Å². The maximum Gasteiger partial charge on any atom is 0.370 e. The van der Waals surface area contributed by atoms with Gasteiger partial charge in [-0.15, -0.1) is 0 Å². The maximum absolute atomic E-state index is 13.6. The lowest BCUT2D eigenvalue weighted by Crippen LogP contribution is -2.47. The fraction of sp³-hybridized carbons (Fsp3) is 0.483. The van der Waals surface area contributed by atoms with Crippen LogP contribution in [0.4, 0.5) is 35.1 Å². The Labute approximate surface area is 572 Å². The molecule has 2 aromatic rings. The molecule has 2 saturated heterocycles. The number of ether oxygens (including phenoxy) is 10. The smallest absolute Gasteiger partial charge is 0.370 e. The largest absolute Gasteiger partial charge is 0.743 e. The highest BCUT2D eigenvalue weighted by molar-refractivity contribution is 7.87. The second kappa shape index (κ2) is 31.0. The highest BCUT2D eigenvalue weighted by Crippen LogP contribution is 2.60. The minimum Gasteiger partial charge on any atom is -0.743 e. The van der Waals surface area contributed by atoms with E-state index in [-0.39, 0.29) is 46.6 Å². The first-order chi connectivity index (χ1) is 46.5. The molecule has 4 saturated carbocycles. The van der Waals surface area contributed by atoms with E-state index in [2.05, 4.69) is 45.3 Å². The van der Waals surface area contributed by atoms with E-state index >= 15 is 0 Å². The number of carbonyl (C=O) groups is 10. The Kier molecular flexibility index (Phi) is 25.5. The Morgan fingerprint density at radius 1 is 0.471 bits per heavy atom. The Hall–Kier alpha value is -8.82. The number of rotatable bonds is 24. The predicted octanol–water partition coefficient (Wildman–Crippen LogP) is 3.63. The molecular weight excluding hydrogens is 1490 g/mol. The number of esters is 10. The molecule has 16 atom stereocenters. The first-order valence-corrected chi connectivity index (χ1v) is 34.3. The van der Waals surface area contributed by atoms with Crippen LogP contribution in [0, 0.1) is 47.3 Å². The zero-order valence-corrected chi connectivity index (χ0v) is 56.2. The summed E-state index contributed by atoms with van der Waals surface area (Å²) in [5.41, 5.74) is -0.199. The number of halogens is 8. The molecule has 0 aromatic heterocycles. The topological polar surface area (TPSA) is 492 Å². The van der Waals surface area contributed by atoms with E-state index in [0.717, 1.165) is 36.4 Å². The van der Waals surface area contributed by atoms with Crippen LogP contribution in [0.2, 0.25) is 0 Å². The zero-order chi connectivity index (χ0) is 78.0. The van der Waals surface area contributed by atoms with Gasteiger partial charge < -0.3 is 65.6 Å². The van der Waals surface area contributed by atoms with Gasteiger partial charge in [-0.2, -0.15) is 35.1 Å². The van der Waals surface area contributed by atoms with Gasteiger partial charge in [0, 0.05) is 47.0 Å². The van der Waals surface area contributed by atoms with Gasteiger partial charge in [0.1, 0.15) is 35.9 Å². The van der Waals surface area contributed by atoms with Crippen molar-refractivity contribution in [1.29, 1.82) is 0 Å². The lowest BCUT2D eigenvalue weighted by atomic mass is 9.78. The zero-order valence-electron chi connectivity index (χ0n) is 53.0. The first kappa shape index (κ1) is 83.8. The van der Waals surface area contributed by atoms with E-state index < -0.39 is 217 Å². The van der Waals surface area contributed by atoms with Gasteiger partial charge >= 0.3 is 80.7 Å². The van der Waals surface area contributed by atoms with Crippen molar-refractivity contribution in [2.45, 2.75) is 124 Å². The summed E-state index contributed by atoms with van der Waals surface area (Å²) in [6.07, 6.45) is -11.2. The van der Waals surface area contributed by atoms with Gasteiger partial charge in [0.05, 0.1) is 34.8 Å². The summed E-state index contributed by atoms with van der Waals surface area (Å²) in [5.74, 6) is -16.3. The Morgan fingerprint density at radius 2 is 0.765 bits per heavy atom. The molecule has 0 N–H and O–H groups in total. The molecule has 8 rings (SSSR count). The Bertz CT molecular complexity index is 4190. The third kappa shape index (κ3) is 18.0. The van der Waals surface area contributed by atoms with Gasteiger partial charge in [0.15, 0.2) is 64.9 Å². The molecule has 32 nitrogen and oxygen atoms in total. The lowest BCUT2D eigenvalue weighted by Gasteiger charge is -2.32. The molecular formula is C58H56F8O32S4-4. The van der Waals surface area contributed by atoms with E-state index in [9.17, 15) is 135 Å². The summed E-state index contributed by atoms with van der Waals surface area (Å²) in [6.45, 7) is 18.4. The molecule has 4 bridgehead atoms. The quantitative estimate of drug-likeness (QED) is 0.0361. The average Bonchev–Trinajstić information content (AvgIpc) is 1.55. The number of fused-ring (bicyclic) bond motifs is 2. The molecule has 6 aliphatic rings. The second-order valence-corrected chi connectivity index (χ2v) is 28.8. The molecule has 2 heterocycles. The van der Waals surface area contributed by atoms with Gasteiger partial charge in [-0.1, -0.05) is 26.3 Å². The van der Waals surface area contributed by atoms with E-state index in [1.165, 1.54) is 38.1 Å². The monoisotopic (exact) mass is 1540 g/mol. The van der Waals surface area contributed by atoms with E-state index in [1.54, 1.807) is 0 Å². The standard InChI is InChI=1S/C16H18F2O9S.C15H16F2O9S.C14H14F2O7S.C13H12F2O7S/c1-5(2)13(19)26-11-7-4-8-10(15(21)27-12(8)11)9(7)14(20)25-6(3)16(17,18)28(22,23)24;1-3-8(18)25-11-6-4-7-10(14(20)26-12(7)11)9(6)13(19)24-5(2)15(16,17)27(21,22)23;1-8(2)12(17)23-11-6-4-10(5-7-11)13(18)22-9(3)14(15,16)24(19,20)21;1-3-11(16)22-10-6-4-9(5-7-10)12(17)21-8(2)13(14,15)23(18,19)20/h6-12H,1,4H2,2-3H3,(H,22,23,24);3,5-7,9-12H,1,4H2,2H3,(H,21,22,23);4-7,9H,1H2,2-3H3,(H,19,20,21);3-8H,1H2,2H3,(H,18,19,20)/p-4. The van der Waals surface area contributed by atoms with Crippen LogP contribution in [0.5, 0.6) is 11.5 Å². The summed E-state index contributed by atoms with van der Waals surface area (Å²) < 4.78 is 282. The van der Waals surface area contributed by atoms with Gasteiger partial charge in [-0.25, -0.2) is 62.4 Å². The number of benzene rings is 2. The summed E-state index contributed by atoms with van der Waals surface area (Å²) in [4.78, 5) is 118. The van der Waals surface area contributed by atoms with Crippen LogP contribution in [0.25, 0.3) is 0 Å². The summed E-state index contributed by atoms with van der Waals surface area (Å²) in [7, 11) is -24.1. The molecule has 0 radical (unpaired) electrons. The molecule has 2 aliphatic heterocycles. The maximum atomic E-state index is 13.6. The highest BCUT2D eigenvalue weighted by Gasteiger charge is 2.72.